The van der Waals surface area contributed by atoms with Crippen molar-refractivity contribution in [1.29, 1.82) is 5.26 Å². The van der Waals surface area contributed by atoms with Crippen LogP contribution in [-0.4, -0.2) is 0 Å². The summed E-state index contributed by atoms with van der Waals surface area (Å²) in [4.78, 5) is 12.3. The topological polar surface area (TPSA) is 89.2 Å². The normalized spacial score (nSPS) is 16.4. The molecule has 0 radical (unpaired) electrons. The summed E-state index contributed by atoms with van der Waals surface area (Å²) < 4.78 is 10.8. The van der Waals surface area contributed by atoms with E-state index in [9.17, 15) is 10.1 Å². The molecule has 24 heavy (non-hydrogen) atoms. The van der Waals surface area contributed by atoms with Gasteiger partial charge >= 0.3 is 5.63 Å². The molecule has 1 atom stereocenters. The molecule has 2 aromatic carbocycles. The number of hydrogen-bond donors (Lipinski definition) is 1. The third-order valence-electron chi connectivity index (χ3n) is 4.12. The average Bonchev–Trinajstić information content (AvgIpc) is 2.62. The van der Waals surface area contributed by atoms with E-state index < -0.39 is 11.5 Å². The van der Waals surface area contributed by atoms with Gasteiger partial charge in [0.1, 0.15) is 17.2 Å². The van der Waals surface area contributed by atoms with E-state index in [1.165, 1.54) is 0 Å². The Labute approximate surface area is 137 Å². The van der Waals surface area contributed by atoms with E-state index in [0.29, 0.717) is 11.1 Å². The number of nitrogens with zero attached hydrogens (tertiary/aromatic N) is 1. The van der Waals surface area contributed by atoms with Gasteiger partial charge in [-0.3, -0.25) is 0 Å². The van der Waals surface area contributed by atoms with Crippen LogP contribution in [0, 0.1) is 11.3 Å². The van der Waals surface area contributed by atoms with Gasteiger partial charge in [0.2, 0.25) is 11.6 Å². The standard InChI is InChI=1S/C19H12N2O3/c20-10-13-15(11-6-2-1-3-7-11)16-12-8-4-5-9-14(12)23-19(22)17(16)24-18(13)21/h1-9,15H,21H2. The third-order valence-corrected chi connectivity index (χ3v) is 4.12. The number of nitriles is 1. The summed E-state index contributed by atoms with van der Waals surface area (Å²) in [5.74, 6) is -0.505. The van der Waals surface area contributed by atoms with Gasteiger partial charge < -0.3 is 14.9 Å². The van der Waals surface area contributed by atoms with Crippen molar-refractivity contribution in [3.63, 3.8) is 0 Å². The molecule has 2 heterocycles. The minimum atomic E-state index is -0.607. The first-order chi connectivity index (χ1) is 11.7. The molecule has 2 N–H and O–H groups in total. The number of fused-ring (bicyclic) bond motifs is 3. The Morgan fingerprint density at radius 1 is 1.04 bits per heavy atom. The molecule has 5 nitrogen and oxygen atoms in total. The molecule has 1 aliphatic rings. The van der Waals surface area contributed by atoms with E-state index in [2.05, 4.69) is 6.07 Å². The molecule has 0 aliphatic carbocycles. The Balaban J connectivity index is 2.14. The van der Waals surface area contributed by atoms with Gasteiger partial charge in [0.25, 0.3) is 0 Å². The molecule has 1 unspecified atom stereocenters. The van der Waals surface area contributed by atoms with Crippen LogP contribution < -0.4 is 16.1 Å². The van der Waals surface area contributed by atoms with Crippen LogP contribution >= 0.6 is 0 Å². The molecule has 1 aliphatic heterocycles. The molecule has 0 saturated heterocycles. The minimum absolute atomic E-state index is 0.0408. The van der Waals surface area contributed by atoms with Gasteiger partial charge in [-0.15, -0.1) is 0 Å². The largest absolute Gasteiger partial charge is 0.432 e. The summed E-state index contributed by atoms with van der Waals surface area (Å²) >= 11 is 0. The van der Waals surface area contributed by atoms with Crippen molar-refractivity contribution in [2.75, 3.05) is 0 Å². The minimum Gasteiger partial charge on any atom is -0.432 e. The van der Waals surface area contributed by atoms with Crippen molar-refractivity contribution in [1.82, 2.24) is 0 Å². The first kappa shape index (κ1) is 14.1. The molecular formula is C19H12N2O3. The number of para-hydroxylation sites is 1. The second-order valence-electron chi connectivity index (χ2n) is 5.46. The zero-order valence-electron chi connectivity index (χ0n) is 12.5. The fourth-order valence-electron chi connectivity index (χ4n) is 3.09. The smallest absolute Gasteiger partial charge is 0.380 e. The zero-order valence-corrected chi connectivity index (χ0v) is 12.5. The Hall–Kier alpha value is -3.52. The summed E-state index contributed by atoms with van der Waals surface area (Å²) in [6, 6.07) is 18.8. The van der Waals surface area contributed by atoms with Gasteiger partial charge in [-0.25, -0.2) is 4.79 Å². The second kappa shape index (κ2) is 5.28. The molecule has 4 rings (SSSR count). The Morgan fingerprint density at radius 2 is 1.75 bits per heavy atom. The maximum atomic E-state index is 12.3. The van der Waals surface area contributed by atoms with E-state index >= 15 is 0 Å². The molecule has 3 aromatic rings. The van der Waals surface area contributed by atoms with Crippen molar-refractivity contribution < 1.29 is 9.15 Å². The van der Waals surface area contributed by atoms with Crippen LogP contribution in [0.4, 0.5) is 0 Å². The molecule has 0 amide bonds. The number of nitrogens with two attached hydrogens (primary N) is 1. The highest BCUT2D eigenvalue weighted by Gasteiger charge is 2.34. The fourth-order valence-corrected chi connectivity index (χ4v) is 3.09. The molecule has 0 bridgehead atoms. The van der Waals surface area contributed by atoms with E-state index in [-0.39, 0.29) is 17.2 Å². The Kier molecular flexibility index (Phi) is 3.10. The zero-order chi connectivity index (χ0) is 16.7. The lowest BCUT2D eigenvalue weighted by Crippen LogP contribution is -2.25. The highest BCUT2D eigenvalue weighted by Crippen LogP contribution is 2.43. The van der Waals surface area contributed by atoms with Gasteiger partial charge in [-0.2, -0.15) is 5.26 Å². The first-order valence-corrected chi connectivity index (χ1v) is 7.39. The van der Waals surface area contributed by atoms with Crippen LogP contribution in [0.5, 0.6) is 5.75 Å². The van der Waals surface area contributed by atoms with Crippen LogP contribution in [0.3, 0.4) is 0 Å². The Bertz CT molecular complexity index is 1080. The number of benzene rings is 2. The average molecular weight is 316 g/mol. The summed E-state index contributed by atoms with van der Waals surface area (Å²) in [6.45, 7) is 0. The molecular weight excluding hydrogens is 304 g/mol. The van der Waals surface area contributed by atoms with Crippen LogP contribution in [0.1, 0.15) is 17.0 Å². The number of hydrogen-bond acceptors (Lipinski definition) is 5. The van der Waals surface area contributed by atoms with Crippen LogP contribution in [-0.2, 0) is 0 Å². The predicted octanol–water partition coefficient (Wildman–Crippen LogP) is 3.01. The van der Waals surface area contributed by atoms with Crippen LogP contribution in [0.25, 0.3) is 11.0 Å². The van der Waals surface area contributed by atoms with E-state index in [1.54, 1.807) is 12.1 Å². The Morgan fingerprint density at radius 3 is 2.50 bits per heavy atom. The van der Waals surface area contributed by atoms with Crippen molar-refractivity contribution >= 4 is 11.0 Å². The van der Waals surface area contributed by atoms with E-state index in [0.717, 1.165) is 10.9 Å². The van der Waals surface area contributed by atoms with Crippen molar-refractivity contribution in [3.8, 4) is 11.8 Å². The number of allylic oxidation sites excluding steroid dienone is 1. The van der Waals surface area contributed by atoms with Gasteiger partial charge in [0.05, 0.1) is 5.92 Å². The molecule has 5 heteroatoms. The van der Waals surface area contributed by atoms with Gasteiger partial charge in [-0.05, 0) is 11.6 Å². The summed E-state index contributed by atoms with van der Waals surface area (Å²) in [6.07, 6.45) is 0. The van der Waals surface area contributed by atoms with Crippen LogP contribution in [0.2, 0.25) is 0 Å². The second-order valence-corrected chi connectivity index (χ2v) is 5.46. The maximum absolute atomic E-state index is 12.3. The highest BCUT2D eigenvalue weighted by molar-refractivity contribution is 5.85. The molecule has 1 aromatic heterocycles. The van der Waals surface area contributed by atoms with E-state index in [1.807, 2.05) is 42.5 Å². The van der Waals surface area contributed by atoms with Gasteiger partial charge in [-0.1, -0.05) is 48.5 Å². The first-order valence-electron chi connectivity index (χ1n) is 7.39. The monoisotopic (exact) mass is 316 g/mol. The molecule has 0 spiro atoms. The number of ether oxygens (including phenoxy) is 1. The van der Waals surface area contributed by atoms with Crippen molar-refractivity contribution in [3.05, 3.63) is 87.6 Å². The van der Waals surface area contributed by atoms with Gasteiger partial charge in [0, 0.05) is 10.9 Å². The SMILES string of the molecule is N#CC1=C(N)Oc2c(c3ccccc3oc2=O)C1c1ccccc1. The lowest BCUT2D eigenvalue weighted by molar-refractivity contribution is 0.368. The lowest BCUT2D eigenvalue weighted by atomic mass is 9.82. The maximum Gasteiger partial charge on any atom is 0.380 e. The number of rotatable bonds is 1. The summed E-state index contributed by atoms with van der Waals surface area (Å²) in [5, 5.41) is 10.3. The van der Waals surface area contributed by atoms with Crippen molar-refractivity contribution in [2.45, 2.75) is 5.92 Å². The predicted molar refractivity (Wildman–Crippen MR) is 88.2 cm³/mol. The fraction of sp³-hybridized carbons (Fsp3) is 0.0526. The molecule has 0 saturated carbocycles. The quantitative estimate of drug-likeness (QED) is 0.697. The molecule has 116 valence electrons. The van der Waals surface area contributed by atoms with Gasteiger partial charge in [0.15, 0.2) is 0 Å². The molecule has 0 fully saturated rings. The lowest BCUT2D eigenvalue weighted by Gasteiger charge is -2.26. The summed E-state index contributed by atoms with van der Waals surface area (Å²) in [5.41, 5.74) is 7.49. The van der Waals surface area contributed by atoms with Crippen LogP contribution in [0.15, 0.2) is 75.3 Å². The summed E-state index contributed by atoms with van der Waals surface area (Å²) in [7, 11) is 0. The third kappa shape index (κ3) is 1.97. The van der Waals surface area contributed by atoms with Crippen molar-refractivity contribution in [2.24, 2.45) is 5.73 Å². The van der Waals surface area contributed by atoms with E-state index in [4.69, 9.17) is 14.9 Å². The highest BCUT2D eigenvalue weighted by atomic mass is 16.5.